The Balaban J connectivity index is 2.52. The van der Waals surface area contributed by atoms with Crippen LogP contribution in [-0.4, -0.2) is 16.1 Å². The molecule has 0 saturated carbocycles. The summed E-state index contributed by atoms with van der Waals surface area (Å²) in [6.07, 6.45) is 0. The number of nitrogens with zero attached hydrogens (tertiary/aromatic N) is 2. The van der Waals surface area contributed by atoms with Gasteiger partial charge in [0.25, 0.3) is 0 Å². The third-order valence-electron chi connectivity index (χ3n) is 2.97. The first-order valence-corrected chi connectivity index (χ1v) is 6.80. The van der Waals surface area contributed by atoms with Crippen LogP contribution in [0.4, 0.5) is 8.78 Å². The molecule has 1 heterocycles. The second-order valence-electron chi connectivity index (χ2n) is 4.31. The molecular formula is C13H15F2N3S. The maximum absolute atomic E-state index is 14.1. The molecule has 0 amide bonds. The lowest BCUT2D eigenvalue weighted by Crippen LogP contribution is -2.23. The van der Waals surface area contributed by atoms with E-state index in [-0.39, 0.29) is 0 Å². The van der Waals surface area contributed by atoms with Gasteiger partial charge in [-0.2, -0.15) is 0 Å². The topological polar surface area (TPSA) is 37.8 Å². The summed E-state index contributed by atoms with van der Waals surface area (Å²) < 4.78 is 31.7. The predicted molar refractivity (Wildman–Crippen MR) is 71.3 cm³/mol. The first kappa shape index (κ1) is 14.0. The maximum atomic E-state index is 14.1. The Morgan fingerprint density at radius 3 is 2.58 bits per heavy atom. The summed E-state index contributed by atoms with van der Waals surface area (Å²) in [6, 6.07) is 2.78. The van der Waals surface area contributed by atoms with E-state index >= 15 is 0 Å². The SMILES string of the molecule is CCNC(c1ccc(C)c(F)c1F)c1snnc1C. The molecule has 2 aromatic rings. The lowest BCUT2D eigenvalue weighted by molar-refractivity contribution is 0.479. The molecule has 102 valence electrons. The highest BCUT2D eigenvalue weighted by atomic mass is 32.1. The third kappa shape index (κ3) is 2.64. The number of nitrogens with one attached hydrogen (secondary N) is 1. The molecule has 19 heavy (non-hydrogen) atoms. The van der Waals surface area contributed by atoms with Crippen LogP contribution >= 0.6 is 11.5 Å². The van der Waals surface area contributed by atoms with Crippen LogP contribution in [0.2, 0.25) is 0 Å². The van der Waals surface area contributed by atoms with E-state index in [9.17, 15) is 8.78 Å². The van der Waals surface area contributed by atoms with E-state index in [4.69, 9.17) is 0 Å². The summed E-state index contributed by atoms with van der Waals surface area (Å²) in [5.41, 5.74) is 1.33. The van der Waals surface area contributed by atoms with Crippen molar-refractivity contribution in [3.8, 4) is 0 Å². The minimum atomic E-state index is -0.807. The molecule has 1 atom stereocenters. The molecule has 0 aliphatic rings. The highest BCUT2D eigenvalue weighted by Gasteiger charge is 2.23. The highest BCUT2D eigenvalue weighted by molar-refractivity contribution is 7.05. The Morgan fingerprint density at radius 2 is 2.00 bits per heavy atom. The minimum Gasteiger partial charge on any atom is -0.306 e. The molecule has 1 N–H and O–H groups in total. The Labute approximate surface area is 114 Å². The van der Waals surface area contributed by atoms with E-state index in [0.717, 1.165) is 10.6 Å². The van der Waals surface area contributed by atoms with Crippen molar-refractivity contribution < 1.29 is 8.78 Å². The standard InChI is InChI=1S/C13H15F2N3S/c1-4-16-12(13-8(3)17-18-19-13)9-6-5-7(2)10(14)11(9)15/h5-6,12,16H,4H2,1-3H3. The van der Waals surface area contributed by atoms with Gasteiger partial charge in [-0.25, -0.2) is 8.78 Å². The van der Waals surface area contributed by atoms with E-state index in [2.05, 4.69) is 14.9 Å². The maximum Gasteiger partial charge on any atom is 0.164 e. The van der Waals surface area contributed by atoms with Crippen molar-refractivity contribution >= 4 is 11.5 Å². The van der Waals surface area contributed by atoms with E-state index < -0.39 is 17.7 Å². The molecule has 3 nitrogen and oxygen atoms in total. The fourth-order valence-electron chi connectivity index (χ4n) is 1.93. The monoisotopic (exact) mass is 283 g/mol. The third-order valence-corrected chi connectivity index (χ3v) is 3.86. The Bertz CT molecular complexity index is 583. The first-order chi connectivity index (χ1) is 9.06. The first-order valence-electron chi connectivity index (χ1n) is 6.03. The summed E-state index contributed by atoms with van der Waals surface area (Å²) in [6.45, 7) is 5.91. The van der Waals surface area contributed by atoms with Gasteiger partial charge in [0.05, 0.1) is 16.6 Å². The van der Waals surface area contributed by atoms with Crippen molar-refractivity contribution in [2.45, 2.75) is 26.8 Å². The number of benzene rings is 1. The van der Waals surface area contributed by atoms with Crippen molar-refractivity contribution in [3.05, 3.63) is 45.5 Å². The van der Waals surface area contributed by atoms with Crippen LogP contribution in [0.3, 0.4) is 0 Å². The predicted octanol–water partition coefficient (Wildman–Crippen LogP) is 3.13. The lowest BCUT2D eigenvalue weighted by atomic mass is 10.0. The van der Waals surface area contributed by atoms with Gasteiger partial charge in [-0.3, -0.25) is 0 Å². The minimum absolute atomic E-state index is 0.291. The van der Waals surface area contributed by atoms with Crippen LogP contribution in [0.5, 0.6) is 0 Å². The molecule has 0 bridgehead atoms. The molecule has 0 saturated heterocycles. The number of aromatic nitrogens is 2. The van der Waals surface area contributed by atoms with Crippen LogP contribution in [0.15, 0.2) is 12.1 Å². The number of hydrogen-bond donors (Lipinski definition) is 1. The van der Waals surface area contributed by atoms with E-state index in [1.54, 1.807) is 19.1 Å². The molecule has 1 aromatic carbocycles. The Morgan fingerprint density at radius 1 is 1.26 bits per heavy atom. The summed E-state index contributed by atoms with van der Waals surface area (Å²) in [7, 11) is 0. The molecule has 1 aromatic heterocycles. The smallest absolute Gasteiger partial charge is 0.164 e. The summed E-state index contributed by atoms with van der Waals surface area (Å²) in [4.78, 5) is 0.809. The Kier molecular flexibility index (Phi) is 4.21. The van der Waals surface area contributed by atoms with E-state index in [1.165, 1.54) is 11.5 Å². The fraction of sp³-hybridized carbons (Fsp3) is 0.385. The molecule has 0 radical (unpaired) electrons. The van der Waals surface area contributed by atoms with Gasteiger partial charge in [-0.15, -0.1) is 5.10 Å². The summed E-state index contributed by atoms with van der Waals surface area (Å²) in [5.74, 6) is -1.60. The molecule has 6 heteroatoms. The molecule has 2 rings (SSSR count). The van der Waals surface area contributed by atoms with Gasteiger partial charge < -0.3 is 5.32 Å². The van der Waals surface area contributed by atoms with Gasteiger partial charge >= 0.3 is 0 Å². The van der Waals surface area contributed by atoms with Crippen molar-refractivity contribution in [1.82, 2.24) is 14.9 Å². The van der Waals surface area contributed by atoms with Crippen LogP contribution in [0.25, 0.3) is 0 Å². The zero-order valence-corrected chi connectivity index (χ0v) is 11.8. The van der Waals surface area contributed by atoms with Crippen LogP contribution in [0, 0.1) is 25.5 Å². The average molecular weight is 283 g/mol. The fourth-order valence-corrected chi connectivity index (χ4v) is 2.67. The quantitative estimate of drug-likeness (QED) is 0.936. The second-order valence-corrected chi connectivity index (χ2v) is 5.10. The van der Waals surface area contributed by atoms with E-state index in [1.807, 2.05) is 13.8 Å². The van der Waals surface area contributed by atoms with Gasteiger partial charge in [0, 0.05) is 5.56 Å². The number of hydrogen-bond acceptors (Lipinski definition) is 4. The zero-order valence-electron chi connectivity index (χ0n) is 11.0. The molecule has 0 aliphatic carbocycles. The molecule has 0 spiro atoms. The second kappa shape index (κ2) is 5.71. The average Bonchev–Trinajstić information content (AvgIpc) is 2.80. The van der Waals surface area contributed by atoms with E-state index in [0.29, 0.717) is 17.7 Å². The lowest BCUT2D eigenvalue weighted by Gasteiger charge is -2.18. The van der Waals surface area contributed by atoms with Gasteiger partial charge in [0.2, 0.25) is 0 Å². The van der Waals surface area contributed by atoms with Gasteiger partial charge in [0.15, 0.2) is 11.6 Å². The van der Waals surface area contributed by atoms with Crippen molar-refractivity contribution in [2.24, 2.45) is 0 Å². The van der Waals surface area contributed by atoms with Gasteiger partial charge in [-0.1, -0.05) is 23.5 Å². The number of rotatable bonds is 4. The van der Waals surface area contributed by atoms with Crippen molar-refractivity contribution in [2.75, 3.05) is 6.54 Å². The normalized spacial score (nSPS) is 12.7. The number of halogens is 2. The molecule has 1 unspecified atom stereocenters. The largest absolute Gasteiger partial charge is 0.306 e. The zero-order chi connectivity index (χ0) is 14.0. The molecule has 0 aliphatic heterocycles. The van der Waals surface area contributed by atoms with Gasteiger partial charge in [-0.05, 0) is 37.5 Å². The molecule has 0 fully saturated rings. The summed E-state index contributed by atoms with van der Waals surface area (Å²) >= 11 is 1.20. The summed E-state index contributed by atoms with van der Waals surface area (Å²) in [5, 5.41) is 7.08. The van der Waals surface area contributed by atoms with Crippen LogP contribution in [0.1, 0.15) is 34.7 Å². The van der Waals surface area contributed by atoms with Crippen LogP contribution < -0.4 is 5.32 Å². The van der Waals surface area contributed by atoms with Crippen molar-refractivity contribution in [1.29, 1.82) is 0 Å². The number of aryl methyl sites for hydroxylation is 2. The van der Waals surface area contributed by atoms with Crippen LogP contribution in [-0.2, 0) is 0 Å². The highest BCUT2D eigenvalue weighted by Crippen LogP contribution is 2.30. The molecular weight excluding hydrogens is 268 g/mol. The Hall–Kier alpha value is -1.40. The van der Waals surface area contributed by atoms with Gasteiger partial charge in [0.1, 0.15) is 0 Å². The van der Waals surface area contributed by atoms with Crippen molar-refractivity contribution in [3.63, 3.8) is 0 Å².